The Balaban J connectivity index is 1.49. The summed E-state index contributed by atoms with van der Waals surface area (Å²) in [4.78, 5) is 12.9. The summed E-state index contributed by atoms with van der Waals surface area (Å²) in [7, 11) is -2.12. The number of methoxy groups -OCH3 is 1. The molecule has 2 aromatic carbocycles. The second kappa shape index (κ2) is 10.6. The summed E-state index contributed by atoms with van der Waals surface area (Å²) in [5, 5.41) is 2.88. The number of benzene rings is 2. The Hall–Kier alpha value is -2.58. The van der Waals surface area contributed by atoms with E-state index in [0.29, 0.717) is 38.3 Å². The van der Waals surface area contributed by atoms with Gasteiger partial charge in [0, 0.05) is 13.1 Å². The second-order valence-corrected chi connectivity index (χ2v) is 11.2. The molecule has 0 aliphatic carbocycles. The smallest absolute Gasteiger partial charge is 0.243 e. The minimum Gasteiger partial charge on any atom is -0.497 e. The maximum Gasteiger partial charge on any atom is 0.243 e. The average molecular weight is 475 g/mol. The number of sulfonamides is 1. The van der Waals surface area contributed by atoms with Gasteiger partial charge in [-0.05, 0) is 60.2 Å². The van der Waals surface area contributed by atoms with Crippen molar-refractivity contribution in [2.24, 2.45) is 5.92 Å². The number of amides is 1. The van der Waals surface area contributed by atoms with Crippen molar-refractivity contribution in [3.63, 3.8) is 0 Å². The fourth-order valence-electron chi connectivity index (χ4n) is 3.81. The molecular weight excluding hydrogens is 440 g/mol. The summed E-state index contributed by atoms with van der Waals surface area (Å²) in [6.07, 6.45) is 1.31. The van der Waals surface area contributed by atoms with Crippen molar-refractivity contribution in [1.82, 2.24) is 9.62 Å². The SMILES string of the molecule is COc1ccc(S(=O)(=O)N2CCC[C@H](C(=O)NCCOc3ccc(C(C)(C)C)cc3)C2)cc1. The van der Waals surface area contributed by atoms with E-state index in [4.69, 9.17) is 9.47 Å². The summed E-state index contributed by atoms with van der Waals surface area (Å²) < 4.78 is 38.2. The van der Waals surface area contributed by atoms with E-state index in [1.54, 1.807) is 12.1 Å². The zero-order valence-corrected chi connectivity index (χ0v) is 20.7. The topological polar surface area (TPSA) is 84.9 Å². The van der Waals surface area contributed by atoms with Crippen molar-refractivity contribution < 1.29 is 22.7 Å². The minimum atomic E-state index is -3.66. The van der Waals surface area contributed by atoms with Crippen molar-refractivity contribution in [2.45, 2.75) is 43.9 Å². The fourth-order valence-corrected chi connectivity index (χ4v) is 5.33. The van der Waals surface area contributed by atoms with Crippen molar-refractivity contribution in [3.8, 4) is 11.5 Å². The normalized spacial score (nSPS) is 17.4. The molecule has 1 amide bonds. The van der Waals surface area contributed by atoms with Crippen LogP contribution >= 0.6 is 0 Å². The molecule has 2 aromatic rings. The van der Waals surface area contributed by atoms with E-state index in [-0.39, 0.29) is 28.7 Å². The molecule has 0 unspecified atom stereocenters. The predicted molar refractivity (Wildman–Crippen MR) is 128 cm³/mol. The van der Waals surface area contributed by atoms with Crippen LogP contribution in [0.1, 0.15) is 39.2 Å². The molecule has 1 saturated heterocycles. The van der Waals surface area contributed by atoms with Gasteiger partial charge in [0.15, 0.2) is 0 Å². The average Bonchev–Trinajstić information content (AvgIpc) is 2.81. The van der Waals surface area contributed by atoms with Gasteiger partial charge < -0.3 is 14.8 Å². The third kappa shape index (κ3) is 6.48. The highest BCUT2D eigenvalue weighted by molar-refractivity contribution is 7.89. The zero-order valence-electron chi connectivity index (χ0n) is 19.8. The van der Waals surface area contributed by atoms with Gasteiger partial charge in [-0.3, -0.25) is 4.79 Å². The van der Waals surface area contributed by atoms with Gasteiger partial charge in [0.2, 0.25) is 15.9 Å². The number of hydrogen-bond acceptors (Lipinski definition) is 5. The lowest BCUT2D eigenvalue weighted by Crippen LogP contribution is -2.45. The zero-order chi connectivity index (χ0) is 24.1. The van der Waals surface area contributed by atoms with E-state index < -0.39 is 10.0 Å². The highest BCUT2D eigenvalue weighted by Gasteiger charge is 2.33. The highest BCUT2D eigenvalue weighted by atomic mass is 32.2. The molecule has 1 atom stereocenters. The summed E-state index contributed by atoms with van der Waals surface area (Å²) >= 11 is 0. The fraction of sp³-hybridized carbons (Fsp3) is 0.480. The second-order valence-electron chi connectivity index (χ2n) is 9.29. The Bertz CT molecular complexity index is 1030. The first-order chi connectivity index (χ1) is 15.6. The maximum absolute atomic E-state index is 13.0. The van der Waals surface area contributed by atoms with Crippen LogP contribution in [0, 0.1) is 5.92 Å². The van der Waals surface area contributed by atoms with E-state index in [1.807, 2.05) is 24.3 Å². The van der Waals surface area contributed by atoms with Crippen LogP contribution in [0.25, 0.3) is 0 Å². The lowest BCUT2D eigenvalue weighted by molar-refractivity contribution is -0.126. The summed E-state index contributed by atoms with van der Waals surface area (Å²) in [6.45, 7) is 7.77. The first kappa shape index (κ1) is 25.1. The summed E-state index contributed by atoms with van der Waals surface area (Å²) in [5.41, 5.74) is 1.32. The number of hydrogen-bond donors (Lipinski definition) is 1. The molecule has 3 rings (SSSR count). The van der Waals surface area contributed by atoms with Gasteiger partial charge in [-0.25, -0.2) is 8.42 Å². The molecule has 8 heteroatoms. The van der Waals surface area contributed by atoms with Crippen LogP contribution in [-0.2, 0) is 20.2 Å². The molecule has 0 aromatic heterocycles. The first-order valence-electron chi connectivity index (χ1n) is 11.3. The van der Waals surface area contributed by atoms with Crippen molar-refractivity contribution in [2.75, 3.05) is 33.4 Å². The van der Waals surface area contributed by atoms with Crippen LogP contribution in [0.15, 0.2) is 53.4 Å². The lowest BCUT2D eigenvalue weighted by atomic mass is 9.87. The number of piperidine rings is 1. The molecule has 1 aliphatic heterocycles. The van der Waals surface area contributed by atoms with Crippen LogP contribution in [0.2, 0.25) is 0 Å². The molecule has 0 spiro atoms. The van der Waals surface area contributed by atoms with Gasteiger partial charge in [-0.1, -0.05) is 32.9 Å². The molecular formula is C25H34N2O5S. The summed E-state index contributed by atoms with van der Waals surface area (Å²) in [6, 6.07) is 14.3. The standard InChI is InChI=1S/C25H34N2O5S/c1-25(2,3)20-7-9-22(10-8-20)32-17-15-26-24(28)19-6-5-16-27(18-19)33(29,30)23-13-11-21(31-4)12-14-23/h7-14,19H,5-6,15-18H2,1-4H3,(H,26,28)/t19-/m0/s1. The van der Waals surface area contributed by atoms with Gasteiger partial charge in [0.25, 0.3) is 0 Å². The van der Waals surface area contributed by atoms with E-state index in [2.05, 4.69) is 26.1 Å². The van der Waals surface area contributed by atoms with Gasteiger partial charge >= 0.3 is 0 Å². The third-order valence-electron chi connectivity index (χ3n) is 5.84. The molecule has 0 radical (unpaired) electrons. The first-order valence-corrected chi connectivity index (χ1v) is 12.7. The van der Waals surface area contributed by atoms with Crippen molar-refractivity contribution in [3.05, 3.63) is 54.1 Å². The number of carbonyl (C=O) groups excluding carboxylic acids is 1. The van der Waals surface area contributed by atoms with Crippen LogP contribution in [0.3, 0.4) is 0 Å². The quantitative estimate of drug-likeness (QED) is 0.591. The molecule has 1 aliphatic rings. The number of nitrogens with one attached hydrogen (secondary N) is 1. The number of nitrogens with zero attached hydrogens (tertiary/aromatic N) is 1. The molecule has 33 heavy (non-hydrogen) atoms. The third-order valence-corrected chi connectivity index (χ3v) is 7.72. The van der Waals surface area contributed by atoms with Crippen LogP contribution < -0.4 is 14.8 Å². The van der Waals surface area contributed by atoms with Gasteiger partial charge in [0.05, 0.1) is 24.5 Å². The number of ether oxygens (including phenoxy) is 2. The van der Waals surface area contributed by atoms with E-state index >= 15 is 0 Å². The molecule has 7 nitrogen and oxygen atoms in total. The number of rotatable bonds is 8. The molecule has 0 saturated carbocycles. The Kier molecular flexibility index (Phi) is 8.02. The molecule has 1 N–H and O–H groups in total. The van der Waals surface area contributed by atoms with Gasteiger partial charge in [0.1, 0.15) is 18.1 Å². The van der Waals surface area contributed by atoms with Crippen LogP contribution in [-0.4, -0.2) is 52.0 Å². The Labute approximate surface area is 197 Å². The van der Waals surface area contributed by atoms with Crippen LogP contribution in [0.4, 0.5) is 0 Å². The largest absolute Gasteiger partial charge is 0.497 e. The minimum absolute atomic E-state index is 0.0846. The molecule has 0 bridgehead atoms. The molecule has 1 heterocycles. The van der Waals surface area contributed by atoms with E-state index in [9.17, 15) is 13.2 Å². The molecule has 1 fully saturated rings. The Morgan fingerprint density at radius 2 is 1.70 bits per heavy atom. The monoisotopic (exact) mass is 474 g/mol. The Morgan fingerprint density at radius 1 is 1.06 bits per heavy atom. The highest BCUT2D eigenvalue weighted by Crippen LogP contribution is 2.26. The predicted octanol–water partition coefficient (Wildman–Crippen LogP) is 3.59. The van der Waals surface area contributed by atoms with Crippen LogP contribution in [0.5, 0.6) is 11.5 Å². The Morgan fingerprint density at radius 3 is 2.30 bits per heavy atom. The lowest BCUT2D eigenvalue weighted by Gasteiger charge is -2.31. The van der Waals surface area contributed by atoms with E-state index in [0.717, 1.165) is 5.75 Å². The van der Waals surface area contributed by atoms with Crippen molar-refractivity contribution in [1.29, 1.82) is 0 Å². The van der Waals surface area contributed by atoms with Gasteiger partial charge in [-0.2, -0.15) is 4.31 Å². The summed E-state index contributed by atoms with van der Waals surface area (Å²) in [5.74, 6) is 0.832. The number of carbonyl (C=O) groups is 1. The molecule has 180 valence electrons. The van der Waals surface area contributed by atoms with Crippen molar-refractivity contribution >= 4 is 15.9 Å². The maximum atomic E-state index is 13.0. The van der Waals surface area contributed by atoms with Gasteiger partial charge in [-0.15, -0.1) is 0 Å². The van der Waals surface area contributed by atoms with E-state index in [1.165, 1.54) is 29.1 Å².